The summed E-state index contributed by atoms with van der Waals surface area (Å²) in [6, 6.07) is 17.8. The second-order valence-electron chi connectivity index (χ2n) is 8.93. The first-order valence-electron chi connectivity index (χ1n) is 12.0. The van der Waals surface area contributed by atoms with Gasteiger partial charge in [0, 0.05) is 35.5 Å². The van der Waals surface area contributed by atoms with Crippen LogP contribution >= 0.6 is 15.9 Å². The van der Waals surface area contributed by atoms with Gasteiger partial charge in [-0.1, -0.05) is 53.5 Å². The van der Waals surface area contributed by atoms with Crippen LogP contribution in [-0.2, 0) is 17.9 Å². The van der Waals surface area contributed by atoms with Crippen molar-refractivity contribution in [2.24, 2.45) is 0 Å². The van der Waals surface area contributed by atoms with Crippen LogP contribution in [0, 0.1) is 5.82 Å². The summed E-state index contributed by atoms with van der Waals surface area (Å²) in [6.45, 7) is 7.41. The lowest BCUT2D eigenvalue weighted by atomic mass is 10.1. The van der Waals surface area contributed by atoms with Crippen molar-refractivity contribution < 1.29 is 14.0 Å². The van der Waals surface area contributed by atoms with Gasteiger partial charge in [-0.15, -0.1) is 0 Å². The van der Waals surface area contributed by atoms with Crippen LogP contribution in [0.4, 0.5) is 4.39 Å². The quantitative estimate of drug-likeness (QED) is 0.293. The minimum absolute atomic E-state index is 0.0162. The van der Waals surface area contributed by atoms with Gasteiger partial charge in [0.2, 0.25) is 5.91 Å². The van der Waals surface area contributed by atoms with Crippen molar-refractivity contribution in [1.82, 2.24) is 14.4 Å². The number of amides is 2. The first-order valence-corrected chi connectivity index (χ1v) is 12.8. The Bertz CT molecular complexity index is 1130. The van der Waals surface area contributed by atoms with Crippen molar-refractivity contribution in [2.45, 2.75) is 52.7 Å². The molecule has 2 aromatic carbocycles. The Balaban J connectivity index is 1.77. The van der Waals surface area contributed by atoms with Gasteiger partial charge < -0.3 is 14.4 Å². The number of unbranched alkanes of at least 4 members (excludes halogenated alkanes) is 1. The fraction of sp³-hybridized carbons (Fsp3) is 0.357. The predicted molar refractivity (Wildman–Crippen MR) is 141 cm³/mol. The van der Waals surface area contributed by atoms with Crippen LogP contribution in [0.1, 0.15) is 55.2 Å². The fourth-order valence-electron chi connectivity index (χ4n) is 3.89. The lowest BCUT2D eigenvalue weighted by Gasteiger charge is -2.30. The molecule has 186 valence electrons. The summed E-state index contributed by atoms with van der Waals surface area (Å²) >= 11 is 3.47. The van der Waals surface area contributed by atoms with E-state index in [4.69, 9.17) is 0 Å². The summed E-state index contributed by atoms with van der Waals surface area (Å²) in [7, 11) is 0. The Hall–Kier alpha value is -2.93. The molecule has 1 heterocycles. The Morgan fingerprint density at radius 1 is 1.03 bits per heavy atom. The molecule has 0 saturated carbocycles. The summed E-state index contributed by atoms with van der Waals surface area (Å²) in [6.07, 6.45) is 3.83. The molecule has 35 heavy (non-hydrogen) atoms. The molecule has 0 unspecified atom stereocenters. The van der Waals surface area contributed by atoms with Gasteiger partial charge in [0.05, 0.1) is 12.1 Å². The molecule has 3 aromatic rings. The normalized spacial score (nSPS) is 11.0. The average Bonchev–Trinajstić information content (AvgIpc) is 3.27. The highest BCUT2D eigenvalue weighted by molar-refractivity contribution is 9.10. The minimum atomic E-state index is -0.579. The topological polar surface area (TPSA) is 45.6 Å². The van der Waals surface area contributed by atoms with E-state index in [2.05, 4.69) is 39.6 Å². The van der Waals surface area contributed by atoms with Crippen LogP contribution in [-0.4, -0.2) is 45.3 Å². The van der Waals surface area contributed by atoms with Crippen molar-refractivity contribution in [2.75, 3.05) is 13.1 Å². The Morgan fingerprint density at radius 2 is 1.74 bits per heavy atom. The van der Waals surface area contributed by atoms with Crippen LogP contribution in [0.15, 0.2) is 71.3 Å². The SMILES string of the molecule is CCCCN(Cc1cccn1Cc1ccc(Br)cc1)C(=O)CN(C(=O)c1ccccc1F)C(C)C. The Kier molecular flexibility index (Phi) is 9.66. The highest BCUT2D eigenvalue weighted by atomic mass is 79.9. The zero-order valence-electron chi connectivity index (χ0n) is 20.6. The van der Waals surface area contributed by atoms with E-state index in [1.807, 2.05) is 44.3 Å². The zero-order chi connectivity index (χ0) is 25.4. The van der Waals surface area contributed by atoms with E-state index in [1.165, 1.54) is 22.6 Å². The Labute approximate surface area is 215 Å². The van der Waals surface area contributed by atoms with Gasteiger partial charge in [-0.3, -0.25) is 9.59 Å². The third-order valence-corrected chi connectivity index (χ3v) is 6.50. The predicted octanol–water partition coefficient (Wildman–Crippen LogP) is 6.12. The molecular formula is C28H33BrFN3O2. The van der Waals surface area contributed by atoms with Gasteiger partial charge in [0.25, 0.3) is 5.91 Å². The minimum Gasteiger partial charge on any atom is -0.345 e. The van der Waals surface area contributed by atoms with Crippen LogP contribution in [0.5, 0.6) is 0 Å². The standard InChI is InChI=1S/C28H33BrFN3O2/c1-4-5-16-32(19-24-9-8-17-31(24)18-22-12-14-23(29)15-13-22)27(34)20-33(21(2)3)28(35)25-10-6-7-11-26(25)30/h6-15,17,21H,4-5,16,18-20H2,1-3H3. The molecule has 0 spiro atoms. The zero-order valence-corrected chi connectivity index (χ0v) is 22.2. The second-order valence-corrected chi connectivity index (χ2v) is 9.85. The third kappa shape index (κ3) is 7.28. The molecule has 0 atom stereocenters. The number of hydrogen-bond acceptors (Lipinski definition) is 2. The molecule has 0 N–H and O–H groups in total. The number of halogens is 2. The van der Waals surface area contributed by atoms with Crippen molar-refractivity contribution in [1.29, 1.82) is 0 Å². The number of nitrogens with zero attached hydrogens (tertiary/aromatic N) is 3. The lowest BCUT2D eigenvalue weighted by molar-refractivity contribution is -0.133. The molecular weight excluding hydrogens is 509 g/mol. The van der Waals surface area contributed by atoms with Crippen LogP contribution < -0.4 is 0 Å². The van der Waals surface area contributed by atoms with E-state index in [0.29, 0.717) is 19.6 Å². The summed E-state index contributed by atoms with van der Waals surface area (Å²) < 4.78 is 17.4. The first kappa shape index (κ1) is 26.7. The maximum atomic E-state index is 14.3. The molecule has 0 saturated heterocycles. The van der Waals surface area contributed by atoms with Crippen LogP contribution in [0.25, 0.3) is 0 Å². The summed E-state index contributed by atoms with van der Waals surface area (Å²) in [5.74, 6) is -1.20. The Morgan fingerprint density at radius 3 is 2.40 bits per heavy atom. The monoisotopic (exact) mass is 541 g/mol. The number of hydrogen-bond donors (Lipinski definition) is 0. The maximum absolute atomic E-state index is 14.3. The number of rotatable bonds is 11. The molecule has 0 radical (unpaired) electrons. The van der Waals surface area contributed by atoms with E-state index < -0.39 is 11.7 Å². The molecule has 2 amide bonds. The average molecular weight is 542 g/mol. The van der Waals surface area contributed by atoms with Gasteiger partial charge in [0.1, 0.15) is 12.4 Å². The van der Waals surface area contributed by atoms with Crippen molar-refractivity contribution >= 4 is 27.7 Å². The van der Waals surface area contributed by atoms with E-state index in [0.717, 1.165) is 23.0 Å². The number of carbonyl (C=O) groups excluding carboxylic acids is 2. The van der Waals surface area contributed by atoms with E-state index in [-0.39, 0.29) is 24.1 Å². The molecule has 3 rings (SSSR count). The van der Waals surface area contributed by atoms with Gasteiger partial charge in [0.15, 0.2) is 0 Å². The van der Waals surface area contributed by atoms with Crippen LogP contribution in [0.2, 0.25) is 0 Å². The number of benzene rings is 2. The molecule has 0 aliphatic carbocycles. The van der Waals surface area contributed by atoms with Gasteiger partial charge >= 0.3 is 0 Å². The van der Waals surface area contributed by atoms with E-state index in [9.17, 15) is 14.0 Å². The number of carbonyl (C=O) groups is 2. The highest BCUT2D eigenvalue weighted by Crippen LogP contribution is 2.16. The molecule has 1 aromatic heterocycles. The van der Waals surface area contributed by atoms with Gasteiger partial charge in [-0.2, -0.15) is 0 Å². The van der Waals surface area contributed by atoms with E-state index in [1.54, 1.807) is 17.0 Å². The molecule has 5 nitrogen and oxygen atoms in total. The summed E-state index contributed by atoms with van der Waals surface area (Å²) in [5.41, 5.74) is 2.17. The summed E-state index contributed by atoms with van der Waals surface area (Å²) in [4.78, 5) is 29.8. The molecule has 0 fully saturated rings. The molecule has 0 bridgehead atoms. The fourth-order valence-corrected chi connectivity index (χ4v) is 4.16. The van der Waals surface area contributed by atoms with Gasteiger partial charge in [-0.25, -0.2) is 4.39 Å². The summed E-state index contributed by atoms with van der Waals surface area (Å²) in [5, 5.41) is 0. The molecule has 0 aliphatic rings. The number of aromatic nitrogens is 1. The third-order valence-electron chi connectivity index (χ3n) is 5.97. The van der Waals surface area contributed by atoms with Crippen molar-refractivity contribution in [3.8, 4) is 0 Å². The van der Waals surface area contributed by atoms with Crippen LogP contribution in [0.3, 0.4) is 0 Å². The largest absolute Gasteiger partial charge is 0.345 e. The molecule has 7 heteroatoms. The van der Waals surface area contributed by atoms with Gasteiger partial charge in [-0.05, 0) is 62.2 Å². The van der Waals surface area contributed by atoms with Crippen molar-refractivity contribution in [3.05, 3.63) is 94.0 Å². The second kappa shape index (κ2) is 12.7. The highest BCUT2D eigenvalue weighted by Gasteiger charge is 2.26. The maximum Gasteiger partial charge on any atom is 0.257 e. The van der Waals surface area contributed by atoms with Crippen molar-refractivity contribution in [3.63, 3.8) is 0 Å². The van der Waals surface area contributed by atoms with E-state index >= 15 is 0 Å². The smallest absolute Gasteiger partial charge is 0.257 e. The first-order chi connectivity index (χ1) is 16.8. The lowest BCUT2D eigenvalue weighted by Crippen LogP contribution is -2.46. The molecule has 0 aliphatic heterocycles.